The molecule has 0 aliphatic heterocycles. The number of hydrogen-bond acceptors (Lipinski definition) is 21. The van der Waals surface area contributed by atoms with Crippen molar-refractivity contribution in [1.82, 2.24) is 4.98 Å². The second-order valence-corrected chi connectivity index (χ2v) is 38.5. The minimum atomic E-state index is -1.27. The number of ether oxygens (including phenoxy) is 5. The molecule has 0 aliphatic carbocycles. The van der Waals surface area contributed by atoms with Crippen molar-refractivity contribution in [2.75, 3.05) is 26.6 Å². The van der Waals surface area contributed by atoms with E-state index in [0.717, 1.165) is 22.5 Å². The van der Waals surface area contributed by atoms with Crippen LogP contribution in [-0.4, -0.2) is 117 Å². The maximum Gasteiger partial charge on any atom is 0.268 e. The van der Waals surface area contributed by atoms with E-state index in [0.29, 0.717) is 132 Å². The van der Waals surface area contributed by atoms with Crippen molar-refractivity contribution in [2.24, 2.45) is 0 Å². The van der Waals surface area contributed by atoms with Crippen LogP contribution < -0.4 is 50.3 Å². The summed E-state index contributed by atoms with van der Waals surface area (Å²) in [6.45, 7) is 18.3. The third kappa shape index (κ3) is 31.2. The summed E-state index contributed by atoms with van der Waals surface area (Å²) in [6, 6.07) is 96.6. The van der Waals surface area contributed by atoms with Crippen LogP contribution in [-0.2, 0) is 24.0 Å². The molecule has 1 heterocycles. The number of halogens is 5. The second kappa shape index (κ2) is 49.8. The Morgan fingerprint density at radius 3 is 0.800 bits per heavy atom. The number of aromatic nitrogens is 1. The van der Waals surface area contributed by atoms with Gasteiger partial charge in [-0.15, -0.1) is 0 Å². The van der Waals surface area contributed by atoms with Gasteiger partial charge in [0, 0.05) is 116 Å². The van der Waals surface area contributed by atoms with Gasteiger partial charge >= 0.3 is 0 Å². The second-order valence-electron chi connectivity index (χ2n) is 36.3. The monoisotopic (exact) mass is 2110 g/mol. The number of para-hydroxylation sites is 2. The summed E-state index contributed by atoms with van der Waals surface area (Å²) in [4.78, 5) is 130. The van der Waals surface area contributed by atoms with Crippen LogP contribution >= 0.6 is 58.0 Å². The number of aromatic hydroxyl groups is 5. The van der Waals surface area contributed by atoms with Crippen molar-refractivity contribution in [3.05, 3.63) is 450 Å². The highest BCUT2D eigenvalue weighted by Gasteiger charge is 2.36. The molecule has 0 atom stereocenters. The standard InChI is InChI=1S/C27H23ClN2O3.C23H20ClNO5.3C23H20ClNO4/c1-17-6-15-23(22-5-4-16-29-24(17)22)30-26(32)27(2,3)33-21-13-9-19(10-14-21)25(31)18-7-11-20(28)12-8-18;1-23(2,22(29)25-19-12-9-17(26)13-20(19)27)30-18-10-5-15(6-11-18)21(28)14-3-7-16(24)8-4-14;1-23(2,22(28)25-18-9-11-19(26)12-10-18)29-20-13-5-16(6-14-20)21(27)15-3-7-17(24)8-4-15;1-23(2,22(28)25-18-4-3-5-19(26)14-18)29-20-12-8-16(9-13-20)21(27)15-6-10-17(24)11-7-15;1-23(2,22(28)25-19-5-3-4-6-20(19)26)29-18-13-9-16(10-14-18)21(27)15-7-11-17(24)12-8-15/h4-16H,1-3H3,(H,30,32);3-13,26-27H,1-2H3,(H,25,29);3*3-14,26H,1-2H3,(H,25,28). The molecule has 0 aliphatic rings. The van der Waals surface area contributed by atoms with Crippen LogP contribution in [0.25, 0.3) is 10.9 Å². The van der Waals surface area contributed by atoms with Crippen molar-refractivity contribution in [3.8, 4) is 57.5 Å². The van der Waals surface area contributed by atoms with Gasteiger partial charge in [0.15, 0.2) is 56.9 Å². The zero-order valence-corrected chi connectivity index (χ0v) is 86.6. The van der Waals surface area contributed by atoms with Crippen LogP contribution in [0, 0.1) is 6.92 Å². The average Bonchev–Trinajstić information content (AvgIpc) is 0.798. The highest BCUT2D eigenvalue weighted by molar-refractivity contribution is 6.32. The number of benzene rings is 15. The zero-order chi connectivity index (χ0) is 109. The molecule has 1 aromatic heterocycles. The maximum atomic E-state index is 13.0. The Balaban J connectivity index is 0.000000166. The van der Waals surface area contributed by atoms with E-state index >= 15 is 0 Å². The van der Waals surface area contributed by atoms with Crippen LogP contribution in [0.5, 0.6) is 57.5 Å². The molecule has 0 fully saturated rings. The van der Waals surface area contributed by atoms with E-state index in [1.807, 2.05) is 31.2 Å². The number of phenolic OH excluding ortho intramolecular Hbond substituents is 5. The molecule has 15 aromatic carbocycles. The van der Waals surface area contributed by atoms with Gasteiger partial charge in [-0.05, 0) is 403 Å². The highest BCUT2D eigenvalue weighted by atomic mass is 35.5. The normalized spacial score (nSPS) is 11.1. The van der Waals surface area contributed by atoms with E-state index in [2.05, 4.69) is 31.6 Å². The van der Waals surface area contributed by atoms with Crippen LogP contribution in [0.1, 0.15) is 154 Å². The average molecular weight is 2110 g/mol. The number of hydrogen-bond donors (Lipinski definition) is 10. The van der Waals surface area contributed by atoms with Crippen molar-refractivity contribution < 1.29 is 97.2 Å². The van der Waals surface area contributed by atoms with Crippen LogP contribution in [0.2, 0.25) is 25.1 Å². The predicted octanol–water partition coefficient (Wildman–Crippen LogP) is 26.2. The van der Waals surface area contributed by atoms with Crippen molar-refractivity contribution in [2.45, 2.75) is 104 Å². The molecule has 31 heteroatoms. The lowest BCUT2D eigenvalue weighted by Gasteiger charge is -2.26. The number of ketones is 5. The van der Waals surface area contributed by atoms with Gasteiger partial charge < -0.3 is 75.8 Å². The fourth-order valence-electron chi connectivity index (χ4n) is 14.1. The van der Waals surface area contributed by atoms with Crippen LogP contribution in [0.3, 0.4) is 0 Å². The number of aryl methyl sites for hydroxylation is 1. The Bertz CT molecular complexity index is 7550. The Kier molecular flexibility index (Phi) is 37.1. The molecule has 16 rings (SSSR count). The Labute approximate surface area is 890 Å². The van der Waals surface area contributed by atoms with Crippen molar-refractivity contribution in [3.63, 3.8) is 0 Å². The molecule has 0 unspecified atom stereocenters. The summed E-state index contributed by atoms with van der Waals surface area (Å²) >= 11 is 29.3. The number of rotatable bonds is 30. The first-order chi connectivity index (χ1) is 71.1. The minimum absolute atomic E-state index is 0.0262. The van der Waals surface area contributed by atoms with Gasteiger partial charge in [0.25, 0.3) is 29.5 Å². The summed E-state index contributed by atoms with van der Waals surface area (Å²) in [5.41, 5.74) is 3.24. The van der Waals surface area contributed by atoms with E-state index < -0.39 is 39.8 Å². The van der Waals surface area contributed by atoms with E-state index in [1.165, 1.54) is 42.5 Å². The first kappa shape index (κ1) is 112. The van der Waals surface area contributed by atoms with Crippen molar-refractivity contribution >= 4 is 156 Å². The summed E-state index contributed by atoms with van der Waals surface area (Å²) in [5, 5.41) is 65.1. The SMILES string of the molecule is CC(C)(Oc1ccc(C(=O)c2ccc(Cl)cc2)cc1)C(=O)Nc1ccc(O)cc1.CC(C)(Oc1ccc(C(=O)c2ccc(Cl)cc2)cc1)C(=O)Nc1ccc(O)cc1O.CC(C)(Oc1ccc(C(=O)c2ccc(Cl)cc2)cc1)C(=O)Nc1cccc(O)c1.CC(C)(Oc1ccc(C(=O)c2ccc(Cl)cc2)cc1)C(=O)Nc1ccccc1O.Cc1ccc(NC(=O)C(C)(C)Oc2ccc(C(=O)c3ccc(Cl)cc3)cc2)c2cccnc12. The quantitative estimate of drug-likeness (QED) is 0.0114. The largest absolute Gasteiger partial charge is 0.508 e. The number of anilines is 5. The van der Waals surface area contributed by atoms with Gasteiger partial charge in [0.05, 0.1) is 22.6 Å². The topological polar surface area (TPSA) is 391 Å². The first-order valence-corrected chi connectivity index (χ1v) is 48.3. The van der Waals surface area contributed by atoms with E-state index in [9.17, 15) is 73.5 Å². The molecule has 0 saturated carbocycles. The molecular weight excluding hydrogens is 2010 g/mol. The Morgan fingerprint density at radius 2 is 0.500 bits per heavy atom. The van der Waals surface area contributed by atoms with Crippen LogP contribution in [0.4, 0.5) is 28.4 Å². The molecule has 0 spiro atoms. The van der Waals surface area contributed by atoms with Gasteiger partial charge in [0.1, 0.15) is 57.5 Å². The molecule has 764 valence electrons. The predicted molar refractivity (Wildman–Crippen MR) is 584 cm³/mol. The van der Waals surface area contributed by atoms with E-state index in [1.54, 1.807) is 361 Å². The fourth-order valence-corrected chi connectivity index (χ4v) is 14.7. The number of fused-ring (bicyclic) bond motifs is 1. The van der Waals surface area contributed by atoms with Crippen molar-refractivity contribution in [1.29, 1.82) is 0 Å². The summed E-state index contributed by atoms with van der Waals surface area (Å²) in [5.74, 6) is -0.570. The molecule has 0 bridgehead atoms. The van der Waals surface area contributed by atoms with E-state index in [-0.39, 0.29) is 81.1 Å². The lowest BCUT2D eigenvalue weighted by Crippen LogP contribution is -2.42. The van der Waals surface area contributed by atoms with Gasteiger partial charge in [-0.3, -0.25) is 52.9 Å². The third-order valence-electron chi connectivity index (χ3n) is 22.5. The highest BCUT2D eigenvalue weighted by Crippen LogP contribution is 2.35. The number of nitrogens with zero attached hydrogens (tertiary/aromatic N) is 1. The Hall–Kier alpha value is -17.1. The molecule has 0 radical (unpaired) electrons. The summed E-state index contributed by atoms with van der Waals surface area (Å²) in [7, 11) is 0. The summed E-state index contributed by atoms with van der Waals surface area (Å²) < 4.78 is 29.2. The van der Waals surface area contributed by atoms with Gasteiger partial charge in [-0.25, -0.2) is 0 Å². The van der Waals surface area contributed by atoms with Gasteiger partial charge in [-0.2, -0.15) is 0 Å². The molecule has 16 aromatic rings. The maximum absolute atomic E-state index is 13.0. The molecule has 5 amide bonds. The number of carbonyl (C=O) groups excluding carboxylic acids is 10. The molecule has 0 saturated heterocycles. The van der Waals surface area contributed by atoms with E-state index in [4.69, 9.17) is 81.7 Å². The molecule has 26 nitrogen and oxygen atoms in total. The third-order valence-corrected chi connectivity index (χ3v) is 23.8. The first-order valence-electron chi connectivity index (χ1n) is 46.4. The number of nitrogens with one attached hydrogen (secondary N) is 5. The molecule has 10 N–H and O–H groups in total. The van der Waals surface area contributed by atoms with Gasteiger partial charge in [-0.1, -0.05) is 82.3 Å². The lowest BCUT2D eigenvalue weighted by atomic mass is 10.0. The zero-order valence-electron chi connectivity index (χ0n) is 82.8. The lowest BCUT2D eigenvalue weighted by molar-refractivity contribution is -0.129. The smallest absolute Gasteiger partial charge is 0.268 e. The van der Waals surface area contributed by atoms with Crippen LogP contribution in [0.15, 0.2) is 364 Å². The Morgan fingerprint density at radius 1 is 0.240 bits per heavy atom. The number of carbonyl (C=O) groups is 10. The molecule has 150 heavy (non-hydrogen) atoms. The van der Waals surface area contributed by atoms with Gasteiger partial charge in [0.2, 0.25) is 0 Å². The fraction of sp³-hybridized carbons (Fsp3) is 0.134. The number of pyridine rings is 1. The number of phenols is 5. The minimum Gasteiger partial charge on any atom is -0.508 e. The molecular formula is C119H103Cl5N6O20. The number of amides is 5. The summed E-state index contributed by atoms with van der Waals surface area (Å²) in [6.07, 6.45) is 1.73.